The van der Waals surface area contributed by atoms with Crippen molar-refractivity contribution in [2.75, 3.05) is 5.32 Å². The monoisotopic (exact) mass is 347 g/mol. The zero-order chi connectivity index (χ0) is 18.4. The number of benzene rings is 1. The minimum Gasteiger partial charge on any atom is -0.365 e. The van der Waals surface area contributed by atoms with Gasteiger partial charge >= 0.3 is 6.18 Å². The minimum atomic E-state index is -4.35. The summed E-state index contributed by atoms with van der Waals surface area (Å²) in [6, 6.07) is 9.02. The Morgan fingerprint density at radius 2 is 1.64 bits per heavy atom. The number of fused-ring (bicyclic) bond motifs is 1. The molecule has 0 unspecified atom stereocenters. The first kappa shape index (κ1) is 17.3. The van der Waals surface area contributed by atoms with Crippen LogP contribution in [-0.4, -0.2) is 14.9 Å². The van der Waals surface area contributed by atoms with Crippen molar-refractivity contribution in [2.45, 2.75) is 39.4 Å². The molecule has 0 aliphatic heterocycles. The number of hydrogen-bond donors (Lipinski definition) is 1. The number of nitrogens with zero attached hydrogens (tertiary/aromatic N) is 2. The van der Waals surface area contributed by atoms with Crippen molar-refractivity contribution < 1.29 is 13.2 Å². The Morgan fingerprint density at radius 1 is 1.00 bits per heavy atom. The number of pyridine rings is 1. The molecular formula is C19H20F3N3. The van der Waals surface area contributed by atoms with Crippen LogP contribution in [0.2, 0.25) is 0 Å². The number of nitrogens with one attached hydrogen (secondary N) is 1. The van der Waals surface area contributed by atoms with Crippen LogP contribution in [0.3, 0.4) is 0 Å². The second kappa shape index (κ2) is 5.79. The normalized spacial score (nSPS) is 12.6. The zero-order valence-electron chi connectivity index (χ0n) is 14.6. The topological polar surface area (TPSA) is 29.3 Å². The first-order valence-corrected chi connectivity index (χ1v) is 7.99. The summed E-state index contributed by atoms with van der Waals surface area (Å²) in [7, 11) is 0. The van der Waals surface area contributed by atoms with Gasteiger partial charge in [0.1, 0.15) is 17.2 Å². The average molecular weight is 347 g/mol. The molecular weight excluding hydrogens is 327 g/mol. The van der Waals surface area contributed by atoms with Crippen LogP contribution in [0.5, 0.6) is 0 Å². The van der Waals surface area contributed by atoms with Crippen LogP contribution in [0, 0.1) is 6.92 Å². The van der Waals surface area contributed by atoms with E-state index in [1.165, 1.54) is 12.1 Å². The Kier molecular flexibility index (Phi) is 4.01. The Balaban J connectivity index is 2.16. The molecule has 3 nitrogen and oxygen atoms in total. The van der Waals surface area contributed by atoms with Gasteiger partial charge in [-0.3, -0.25) is 4.40 Å². The Hall–Kier alpha value is -2.50. The van der Waals surface area contributed by atoms with E-state index >= 15 is 0 Å². The molecule has 0 amide bonds. The molecule has 3 rings (SSSR count). The highest BCUT2D eigenvalue weighted by molar-refractivity contribution is 5.77. The number of aryl methyl sites for hydroxylation is 1. The van der Waals surface area contributed by atoms with Crippen LogP contribution in [0.25, 0.3) is 16.9 Å². The van der Waals surface area contributed by atoms with Gasteiger partial charge in [0.25, 0.3) is 0 Å². The largest absolute Gasteiger partial charge is 0.416 e. The third-order valence-corrected chi connectivity index (χ3v) is 3.76. The lowest BCUT2D eigenvalue weighted by Gasteiger charge is -2.22. The van der Waals surface area contributed by atoms with E-state index in [4.69, 9.17) is 0 Å². The van der Waals surface area contributed by atoms with Gasteiger partial charge in [0.05, 0.1) is 5.56 Å². The molecule has 0 saturated heterocycles. The lowest BCUT2D eigenvalue weighted by molar-refractivity contribution is -0.137. The fourth-order valence-corrected chi connectivity index (χ4v) is 2.64. The maximum Gasteiger partial charge on any atom is 0.416 e. The van der Waals surface area contributed by atoms with Crippen LogP contribution in [0.4, 0.5) is 19.0 Å². The first-order chi connectivity index (χ1) is 11.5. The smallest absolute Gasteiger partial charge is 0.365 e. The average Bonchev–Trinajstić information content (AvgIpc) is 2.82. The molecule has 0 saturated carbocycles. The highest BCUT2D eigenvalue weighted by atomic mass is 19.4. The SMILES string of the molecule is Cc1ccn2c(NC(C)(C)C)c(-c3ccc(C(F)(F)F)cc3)nc2c1. The first-order valence-electron chi connectivity index (χ1n) is 7.99. The van der Waals surface area contributed by atoms with Crippen molar-refractivity contribution in [3.05, 3.63) is 53.7 Å². The Bertz CT molecular complexity index is 901. The quantitative estimate of drug-likeness (QED) is 0.659. The summed E-state index contributed by atoms with van der Waals surface area (Å²) in [6.45, 7) is 8.05. The van der Waals surface area contributed by atoms with Gasteiger partial charge in [-0.05, 0) is 57.5 Å². The fraction of sp³-hybridized carbons (Fsp3) is 0.316. The summed E-state index contributed by atoms with van der Waals surface area (Å²) in [5.41, 5.74) is 2.21. The van der Waals surface area contributed by atoms with Crippen molar-refractivity contribution in [2.24, 2.45) is 0 Å². The van der Waals surface area contributed by atoms with E-state index in [0.29, 0.717) is 11.3 Å². The minimum absolute atomic E-state index is 0.221. The van der Waals surface area contributed by atoms with Crippen LogP contribution in [-0.2, 0) is 6.18 Å². The summed E-state index contributed by atoms with van der Waals surface area (Å²) in [5.74, 6) is 0.766. The fourth-order valence-electron chi connectivity index (χ4n) is 2.64. The zero-order valence-corrected chi connectivity index (χ0v) is 14.6. The summed E-state index contributed by atoms with van der Waals surface area (Å²) in [5, 5.41) is 3.41. The van der Waals surface area contributed by atoms with Gasteiger partial charge in [0, 0.05) is 17.3 Å². The van der Waals surface area contributed by atoms with Gasteiger partial charge in [-0.15, -0.1) is 0 Å². The molecule has 25 heavy (non-hydrogen) atoms. The Labute approximate surface area is 144 Å². The highest BCUT2D eigenvalue weighted by Gasteiger charge is 2.30. The van der Waals surface area contributed by atoms with Crippen LogP contribution in [0.1, 0.15) is 31.9 Å². The van der Waals surface area contributed by atoms with E-state index in [1.807, 2.05) is 50.4 Å². The molecule has 3 aromatic rings. The summed E-state index contributed by atoms with van der Waals surface area (Å²) in [6.07, 6.45) is -2.43. The number of hydrogen-bond acceptors (Lipinski definition) is 2. The van der Waals surface area contributed by atoms with Crippen LogP contribution >= 0.6 is 0 Å². The van der Waals surface area contributed by atoms with Crippen molar-refractivity contribution >= 4 is 11.5 Å². The third-order valence-electron chi connectivity index (χ3n) is 3.76. The number of imidazole rings is 1. The second-order valence-electron chi connectivity index (χ2n) is 7.19. The van der Waals surface area contributed by atoms with E-state index in [9.17, 15) is 13.2 Å². The molecule has 1 N–H and O–H groups in total. The summed E-state index contributed by atoms with van der Waals surface area (Å²) >= 11 is 0. The molecule has 132 valence electrons. The van der Waals surface area contributed by atoms with Crippen LogP contribution in [0.15, 0.2) is 42.6 Å². The molecule has 0 aliphatic carbocycles. The molecule has 1 aromatic carbocycles. The predicted octanol–water partition coefficient (Wildman–Crippen LogP) is 5.54. The van der Waals surface area contributed by atoms with Gasteiger partial charge in [0.2, 0.25) is 0 Å². The van der Waals surface area contributed by atoms with E-state index in [1.54, 1.807) is 0 Å². The number of alkyl halides is 3. The summed E-state index contributed by atoms with van der Waals surface area (Å²) in [4.78, 5) is 4.64. The number of aromatic nitrogens is 2. The molecule has 0 aliphatic rings. The van der Waals surface area contributed by atoms with Gasteiger partial charge in [-0.2, -0.15) is 13.2 Å². The Morgan fingerprint density at radius 3 is 2.20 bits per heavy atom. The van der Waals surface area contributed by atoms with Gasteiger partial charge in [-0.1, -0.05) is 12.1 Å². The van der Waals surface area contributed by atoms with Gasteiger partial charge in [-0.25, -0.2) is 4.98 Å². The predicted molar refractivity (Wildman–Crippen MR) is 93.7 cm³/mol. The number of anilines is 1. The standard InChI is InChI=1S/C19H20F3N3/c1-12-9-10-25-15(11-12)23-16(17(25)24-18(2,3)4)13-5-7-14(8-6-13)19(20,21)22/h5-11,24H,1-4H3. The van der Waals surface area contributed by atoms with E-state index < -0.39 is 11.7 Å². The van der Waals surface area contributed by atoms with Crippen molar-refractivity contribution in [3.63, 3.8) is 0 Å². The van der Waals surface area contributed by atoms with E-state index in [2.05, 4.69) is 10.3 Å². The summed E-state index contributed by atoms with van der Waals surface area (Å²) < 4.78 is 40.3. The van der Waals surface area contributed by atoms with Crippen molar-refractivity contribution in [1.29, 1.82) is 0 Å². The lowest BCUT2D eigenvalue weighted by Crippen LogP contribution is -2.27. The van der Waals surface area contributed by atoms with E-state index in [-0.39, 0.29) is 5.54 Å². The van der Waals surface area contributed by atoms with E-state index in [0.717, 1.165) is 29.2 Å². The van der Waals surface area contributed by atoms with Crippen molar-refractivity contribution in [1.82, 2.24) is 9.38 Å². The maximum atomic E-state index is 12.8. The molecule has 2 heterocycles. The second-order valence-corrected chi connectivity index (χ2v) is 7.19. The molecule has 0 fully saturated rings. The van der Waals surface area contributed by atoms with Crippen molar-refractivity contribution in [3.8, 4) is 11.3 Å². The highest BCUT2D eigenvalue weighted by Crippen LogP contribution is 2.34. The lowest BCUT2D eigenvalue weighted by atomic mass is 10.1. The molecule has 0 radical (unpaired) electrons. The maximum absolute atomic E-state index is 12.8. The molecule has 2 aromatic heterocycles. The van der Waals surface area contributed by atoms with Crippen LogP contribution < -0.4 is 5.32 Å². The molecule has 0 atom stereocenters. The third kappa shape index (κ3) is 3.62. The van der Waals surface area contributed by atoms with Gasteiger partial charge < -0.3 is 5.32 Å². The molecule has 0 bridgehead atoms. The molecule has 0 spiro atoms. The van der Waals surface area contributed by atoms with Gasteiger partial charge in [0.15, 0.2) is 0 Å². The number of rotatable bonds is 2. The molecule has 6 heteroatoms. The number of halogens is 3.